The summed E-state index contributed by atoms with van der Waals surface area (Å²) in [6, 6.07) is 14.1. The molecule has 1 heterocycles. The van der Waals surface area contributed by atoms with Crippen molar-refractivity contribution >= 4 is 31.6 Å². The van der Waals surface area contributed by atoms with Crippen molar-refractivity contribution in [3.05, 3.63) is 71.4 Å². The second kappa shape index (κ2) is 7.64. The van der Waals surface area contributed by atoms with E-state index in [1.807, 2.05) is 0 Å². The van der Waals surface area contributed by atoms with Gasteiger partial charge in [-0.15, -0.1) is 0 Å². The molecule has 2 aromatic carbocycles. The zero-order valence-corrected chi connectivity index (χ0v) is 16.8. The maximum absolute atomic E-state index is 12.5. The van der Waals surface area contributed by atoms with Gasteiger partial charge in [0.05, 0.1) is 16.3 Å². The smallest absolute Gasteiger partial charge is 0.264 e. The number of aromatic nitrogens is 1. The lowest BCUT2D eigenvalue weighted by Gasteiger charge is -2.10. The zero-order valence-electron chi connectivity index (χ0n) is 15.2. The Labute approximate surface area is 163 Å². The Bertz CT molecular complexity index is 1170. The van der Waals surface area contributed by atoms with Crippen LogP contribution in [-0.4, -0.2) is 22.0 Å². The molecular formula is C18H19N3O5S2. The van der Waals surface area contributed by atoms with E-state index in [9.17, 15) is 16.8 Å². The molecule has 0 radical (unpaired) electrons. The molecule has 0 aliphatic rings. The van der Waals surface area contributed by atoms with E-state index in [0.29, 0.717) is 16.8 Å². The van der Waals surface area contributed by atoms with Crippen LogP contribution < -0.4 is 9.44 Å². The number of benzene rings is 2. The summed E-state index contributed by atoms with van der Waals surface area (Å²) in [5.74, 6) is -0.135. The first-order chi connectivity index (χ1) is 13.2. The first-order valence-corrected chi connectivity index (χ1v) is 11.4. The molecule has 0 amide bonds. The minimum absolute atomic E-state index is 0.0352. The molecule has 0 spiro atoms. The Hall–Kier alpha value is -2.85. The van der Waals surface area contributed by atoms with E-state index in [-0.39, 0.29) is 22.2 Å². The number of sulfonamides is 2. The second-order valence-electron chi connectivity index (χ2n) is 6.20. The summed E-state index contributed by atoms with van der Waals surface area (Å²) in [4.78, 5) is -0.0352. The van der Waals surface area contributed by atoms with Crippen LogP contribution in [0.15, 0.2) is 64.0 Å². The number of hydrogen-bond donors (Lipinski definition) is 2. The Morgan fingerprint density at radius 3 is 2.11 bits per heavy atom. The predicted octanol–water partition coefficient (Wildman–Crippen LogP) is 3.03. The number of aryl methyl sites for hydroxylation is 1. The Kier molecular flexibility index (Phi) is 5.43. The molecule has 8 nitrogen and oxygen atoms in total. The largest absolute Gasteiger partial charge is 0.337 e. The van der Waals surface area contributed by atoms with Crippen LogP contribution in [0.4, 0.5) is 11.6 Å². The number of nitrogens with zero attached hydrogens (tertiary/aromatic N) is 1. The first kappa shape index (κ1) is 19.9. The highest BCUT2D eigenvalue weighted by Gasteiger charge is 2.19. The zero-order chi connectivity index (χ0) is 20.4. The fourth-order valence-corrected chi connectivity index (χ4v) is 4.65. The quantitative estimate of drug-likeness (QED) is 0.605. The molecule has 2 N–H and O–H groups in total. The maximum Gasteiger partial charge on any atom is 0.264 e. The van der Waals surface area contributed by atoms with Gasteiger partial charge in [0.2, 0.25) is 15.9 Å². The first-order valence-electron chi connectivity index (χ1n) is 8.26. The van der Waals surface area contributed by atoms with E-state index in [2.05, 4.69) is 14.6 Å². The summed E-state index contributed by atoms with van der Waals surface area (Å²) < 4.78 is 59.2. The highest BCUT2D eigenvalue weighted by molar-refractivity contribution is 7.92. The van der Waals surface area contributed by atoms with Crippen molar-refractivity contribution in [1.82, 2.24) is 5.16 Å². The van der Waals surface area contributed by atoms with Crippen molar-refractivity contribution in [2.75, 3.05) is 9.44 Å². The van der Waals surface area contributed by atoms with Gasteiger partial charge < -0.3 is 4.52 Å². The molecule has 3 rings (SSSR count). The molecule has 0 saturated heterocycles. The van der Waals surface area contributed by atoms with Gasteiger partial charge in [-0.2, -0.15) is 0 Å². The molecule has 148 valence electrons. The third-order valence-electron chi connectivity index (χ3n) is 4.02. The van der Waals surface area contributed by atoms with Crippen LogP contribution in [0.2, 0.25) is 0 Å². The summed E-state index contributed by atoms with van der Waals surface area (Å²) >= 11 is 0. The predicted molar refractivity (Wildman–Crippen MR) is 106 cm³/mol. The summed E-state index contributed by atoms with van der Waals surface area (Å²) in [5.41, 5.74) is 2.09. The molecule has 0 aliphatic heterocycles. The van der Waals surface area contributed by atoms with E-state index in [0.717, 1.165) is 0 Å². The average Bonchev–Trinajstić information content (AvgIpc) is 2.94. The van der Waals surface area contributed by atoms with Crippen LogP contribution in [0.25, 0.3) is 0 Å². The van der Waals surface area contributed by atoms with Gasteiger partial charge in [-0.3, -0.25) is 4.72 Å². The minimum Gasteiger partial charge on any atom is -0.337 e. The van der Waals surface area contributed by atoms with Gasteiger partial charge >= 0.3 is 0 Å². The lowest BCUT2D eigenvalue weighted by Crippen LogP contribution is -2.16. The van der Waals surface area contributed by atoms with Crippen LogP contribution in [0, 0.1) is 13.8 Å². The average molecular weight is 422 g/mol. The molecule has 0 atom stereocenters. The van der Waals surface area contributed by atoms with Gasteiger partial charge in [0, 0.05) is 11.3 Å². The molecule has 10 heteroatoms. The van der Waals surface area contributed by atoms with Gasteiger partial charge in [0.1, 0.15) is 0 Å². The molecule has 0 fully saturated rings. The van der Waals surface area contributed by atoms with Crippen molar-refractivity contribution in [2.24, 2.45) is 0 Å². The molecule has 28 heavy (non-hydrogen) atoms. The van der Waals surface area contributed by atoms with E-state index >= 15 is 0 Å². The highest BCUT2D eigenvalue weighted by atomic mass is 32.2. The van der Waals surface area contributed by atoms with Crippen LogP contribution in [0.3, 0.4) is 0 Å². The summed E-state index contributed by atoms with van der Waals surface area (Å²) in [5, 5.41) is 3.70. The Morgan fingerprint density at radius 2 is 1.54 bits per heavy atom. The lowest BCUT2D eigenvalue weighted by molar-refractivity contribution is 0.430. The highest BCUT2D eigenvalue weighted by Crippen LogP contribution is 2.23. The third-order valence-corrected chi connectivity index (χ3v) is 6.63. The summed E-state index contributed by atoms with van der Waals surface area (Å²) in [7, 11) is -7.52. The Balaban J connectivity index is 1.73. The SMILES string of the molecule is Cc1noc(NS(=O)(=O)c2ccc(NS(=O)(=O)Cc3ccccc3)cc2)c1C. The van der Waals surface area contributed by atoms with Crippen molar-refractivity contribution < 1.29 is 21.4 Å². The van der Waals surface area contributed by atoms with Gasteiger partial charge in [-0.1, -0.05) is 35.5 Å². The van der Waals surface area contributed by atoms with Gasteiger partial charge in [-0.05, 0) is 43.7 Å². The summed E-state index contributed by atoms with van der Waals surface area (Å²) in [6.07, 6.45) is 0. The van der Waals surface area contributed by atoms with Crippen LogP contribution in [0.1, 0.15) is 16.8 Å². The maximum atomic E-state index is 12.5. The van der Waals surface area contributed by atoms with Crippen molar-refractivity contribution in [3.8, 4) is 0 Å². The fraction of sp³-hybridized carbons (Fsp3) is 0.167. The fourth-order valence-electron chi connectivity index (χ4n) is 2.40. The molecule has 0 aliphatic carbocycles. The molecular weight excluding hydrogens is 402 g/mol. The number of nitrogens with one attached hydrogen (secondary N) is 2. The van der Waals surface area contributed by atoms with E-state index < -0.39 is 20.0 Å². The van der Waals surface area contributed by atoms with Gasteiger partial charge in [0.15, 0.2) is 0 Å². The summed E-state index contributed by atoms with van der Waals surface area (Å²) in [6.45, 7) is 3.39. The third kappa shape index (κ3) is 4.70. The van der Waals surface area contributed by atoms with Crippen LogP contribution in [0.5, 0.6) is 0 Å². The standard InChI is InChI=1S/C18H19N3O5S2/c1-13-14(2)19-26-18(13)21-28(24,25)17-10-8-16(9-11-17)20-27(22,23)12-15-6-4-3-5-7-15/h3-11,20-21H,12H2,1-2H3. The number of hydrogen-bond acceptors (Lipinski definition) is 6. The molecule has 0 saturated carbocycles. The molecule has 1 aromatic heterocycles. The van der Waals surface area contributed by atoms with E-state index in [1.165, 1.54) is 24.3 Å². The lowest BCUT2D eigenvalue weighted by atomic mass is 10.2. The minimum atomic E-state index is -3.89. The van der Waals surface area contributed by atoms with Gasteiger partial charge in [0.25, 0.3) is 10.0 Å². The monoisotopic (exact) mass is 421 g/mol. The van der Waals surface area contributed by atoms with Crippen molar-refractivity contribution in [3.63, 3.8) is 0 Å². The topological polar surface area (TPSA) is 118 Å². The van der Waals surface area contributed by atoms with Crippen molar-refractivity contribution in [1.29, 1.82) is 0 Å². The van der Waals surface area contributed by atoms with Crippen molar-refractivity contribution in [2.45, 2.75) is 24.5 Å². The van der Waals surface area contributed by atoms with Gasteiger partial charge in [-0.25, -0.2) is 21.6 Å². The molecule has 0 unspecified atom stereocenters. The number of rotatable bonds is 7. The molecule has 3 aromatic rings. The van der Waals surface area contributed by atoms with E-state index in [1.54, 1.807) is 44.2 Å². The van der Waals surface area contributed by atoms with Crippen LogP contribution >= 0.6 is 0 Å². The molecule has 0 bridgehead atoms. The number of anilines is 2. The normalized spacial score (nSPS) is 11.9. The Morgan fingerprint density at radius 1 is 0.893 bits per heavy atom. The van der Waals surface area contributed by atoms with Crippen LogP contribution in [-0.2, 0) is 25.8 Å². The second-order valence-corrected chi connectivity index (χ2v) is 9.60. The van der Waals surface area contributed by atoms with E-state index in [4.69, 9.17) is 4.52 Å².